The highest BCUT2D eigenvalue weighted by Gasteiger charge is 2.04. The van der Waals surface area contributed by atoms with Gasteiger partial charge in [-0.1, -0.05) is 11.6 Å². The van der Waals surface area contributed by atoms with Crippen LogP contribution < -0.4 is 5.11 Å². The van der Waals surface area contributed by atoms with Gasteiger partial charge in [-0.3, -0.25) is 0 Å². The summed E-state index contributed by atoms with van der Waals surface area (Å²) in [5.74, 6) is -1.13. The summed E-state index contributed by atoms with van der Waals surface area (Å²) >= 11 is 6.98. The van der Waals surface area contributed by atoms with Crippen molar-refractivity contribution in [2.75, 3.05) is 0 Å². The summed E-state index contributed by atoms with van der Waals surface area (Å²) in [5, 5.41) is 17.0. The highest BCUT2D eigenvalue weighted by Crippen LogP contribution is 2.17. The first-order valence-corrected chi connectivity index (χ1v) is 5.26. The number of nitrogens with zero attached hydrogens (tertiary/aromatic N) is 3. The summed E-state index contributed by atoms with van der Waals surface area (Å²) in [6, 6.07) is 0. The Morgan fingerprint density at radius 1 is 1.67 bits per heavy atom. The molecule has 0 saturated carbocycles. The van der Waals surface area contributed by atoms with Crippen molar-refractivity contribution >= 4 is 28.9 Å². The van der Waals surface area contributed by atoms with Crippen LogP contribution in [0.2, 0.25) is 5.15 Å². The van der Waals surface area contributed by atoms with E-state index in [2.05, 4.69) is 10.1 Å². The van der Waals surface area contributed by atoms with Crippen LogP contribution in [-0.4, -0.2) is 20.7 Å². The number of carboxylic acid groups (broad SMARTS) is 1. The van der Waals surface area contributed by atoms with Gasteiger partial charge in [-0.15, -0.1) is 11.3 Å². The number of carboxylic acids is 1. The molecule has 0 aliphatic carbocycles. The lowest BCUT2D eigenvalue weighted by molar-refractivity contribution is -0.304. The zero-order valence-corrected chi connectivity index (χ0v) is 8.96. The molecule has 2 rings (SSSR count). The summed E-state index contributed by atoms with van der Waals surface area (Å²) < 4.78 is 1.48. The fourth-order valence-electron chi connectivity index (χ4n) is 1.07. The third kappa shape index (κ3) is 2.34. The van der Waals surface area contributed by atoms with Gasteiger partial charge in [-0.25, -0.2) is 9.67 Å². The van der Waals surface area contributed by atoms with Gasteiger partial charge >= 0.3 is 0 Å². The second kappa shape index (κ2) is 4.00. The summed E-state index contributed by atoms with van der Waals surface area (Å²) in [6.45, 7) is 0. The van der Waals surface area contributed by atoms with Gasteiger partial charge in [0.2, 0.25) is 5.13 Å². The van der Waals surface area contributed by atoms with E-state index in [1.54, 1.807) is 11.6 Å². The van der Waals surface area contributed by atoms with E-state index >= 15 is 0 Å². The maximum atomic E-state index is 10.3. The standard InChI is InChI=1S/C8H6ClN3O2S/c9-6-4-15-8(11-6)12-3-5(2-10-12)1-7(13)14/h2-4H,1H2,(H,13,14)/p-1. The van der Waals surface area contributed by atoms with Gasteiger partial charge in [0.25, 0.3) is 0 Å². The molecule has 0 saturated heterocycles. The first-order valence-electron chi connectivity index (χ1n) is 4.00. The van der Waals surface area contributed by atoms with Crippen molar-refractivity contribution in [3.8, 4) is 5.13 Å². The molecule has 0 atom stereocenters. The Morgan fingerprint density at radius 3 is 3.07 bits per heavy atom. The largest absolute Gasteiger partial charge is 0.550 e. The first kappa shape index (κ1) is 10.1. The van der Waals surface area contributed by atoms with Crippen LogP contribution in [0, 0.1) is 0 Å². The summed E-state index contributed by atoms with van der Waals surface area (Å²) in [5.41, 5.74) is 0.571. The SMILES string of the molecule is O=C([O-])Cc1cnn(-c2nc(Cl)cs2)c1. The number of halogens is 1. The molecule has 0 bridgehead atoms. The predicted molar refractivity (Wildman–Crippen MR) is 53.0 cm³/mol. The maximum Gasteiger partial charge on any atom is 0.211 e. The van der Waals surface area contributed by atoms with Gasteiger partial charge in [0.15, 0.2) is 0 Å². The molecular weight excluding hydrogens is 238 g/mol. The molecule has 0 N–H and O–H groups in total. The lowest BCUT2D eigenvalue weighted by atomic mass is 10.3. The molecule has 0 aliphatic heterocycles. The zero-order valence-electron chi connectivity index (χ0n) is 7.38. The van der Waals surface area contributed by atoms with Gasteiger partial charge in [-0.2, -0.15) is 5.10 Å². The Labute approximate surface area is 93.9 Å². The molecule has 0 fully saturated rings. The van der Waals surface area contributed by atoms with Crippen LogP contribution in [0.5, 0.6) is 0 Å². The van der Waals surface area contributed by atoms with Crippen LogP contribution in [0.15, 0.2) is 17.8 Å². The van der Waals surface area contributed by atoms with Gasteiger partial charge in [0, 0.05) is 24.0 Å². The molecule has 2 heterocycles. The smallest absolute Gasteiger partial charge is 0.211 e. The van der Waals surface area contributed by atoms with Crippen LogP contribution in [-0.2, 0) is 11.2 Å². The van der Waals surface area contributed by atoms with Crippen molar-refractivity contribution in [1.29, 1.82) is 0 Å². The minimum Gasteiger partial charge on any atom is -0.550 e. The van der Waals surface area contributed by atoms with E-state index in [1.165, 1.54) is 22.2 Å². The fraction of sp³-hybridized carbons (Fsp3) is 0.125. The summed E-state index contributed by atoms with van der Waals surface area (Å²) in [6.07, 6.45) is 2.90. The minimum absolute atomic E-state index is 0.154. The molecule has 2 aromatic rings. The van der Waals surface area contributed by atoms with E-state index in [1.807, 2.05) is 0 Å². The monoisotopic (exact) mass is 242 g/mol. The van der Waals surface area contributed by atoms with E-state index in [4.69, 9.17) is 11.6 Å². The molecule has 0 amide bonds. The molecular formula is C8H5ClN3O2S-. The number of carbonyl (C=O) groups excluding carboxylic acids is 1. The molecule has 5 nitrogen and oxygen atoms in total. The molecule has 0 aliphatic rings. The molecule has 0 aromatic carbocycles. The second-order valence-electron chi connectivity index (χ2n) is 2.79. The normalized spacial score (nSPS) is 10.5. The first-order chi connectivity index (χ1) is 7.15. The van der Waals surface area contributed by atoms with E-state index < -0.39 is 5.97 Å². The maximum absolute atomic E-state index is 10.3. The Bertz CT molecular complexity index is 494. The van der Waals surface area contributed by atoms with Gasteiger partial charge in [0.1, 0.15) is 5.15 Å². The molecule has 7 heteroatoms. The van der Waals surface area contributed by atoms with Crippen LogP contribution in [0.4, 0.5) is 0 Å². The average molecular weight is 243 g/mol. The van der Waals surface area contributed by atoms with Crippen LogP contribution in [0.1, 0.15) is 5.56 Å². The molecule has 0 radical (unpaired) electrons. The number of aromatic nitrogens is 3. The van der Waals surface area contributed by atoms with Crippen LogP contribution in [0.25, 0.3) is 5.13 Å². The van der Waals surface area contributed by atoms with E-state index in [-0.39, 0.29) is 6.42 Å². The molecule has 0 unspecified atom stereocenters. The lowest BCUT2D eigenvalue weighted by Crippen LogP contribution is -2.24. The average Bonchev–Trinajstić information content (AvgIpc) is 2.72. The third-order valence-corrected chi connectivity index (χ3v) is 2.80. The van der Waals surface area contributed by atoms with Gasteiger partial charge in [0.05, 0.1) is 6.20 Å². The number of aliphatic carboxylic acids is 1. The van der Waals surface area contributed by atoms with E-state index in [0.29, 0.717) is 15.8 Å². The molecule has 78 valence electrons. The topological polar surface area (TPSA) is 70.8 Å². The Balaban J connectivity index is 2.23. The van der Waals surface area contributed by atoms with Crippen LogP contribution in [0.3, 0.4) is 0 Å². The van der Waals surface area contributed by atoms with Crippen molar-refractivity contribution in [3.63, 3.8) is 0 Å². The van der Waals surface area contributed by atoms with E-state index in [0.717, 1.165) is 0 Å². The van der Waals surface area contributed by atoms with E-state index in [9.17, 15) is 9.90 Å². The van der Waals surface area contributed by atoms with Gasteiger partial charge < -0.3 is 9.90 Å². The van der Waals surface area contributed by atoms with Crippen molar-refractivity contribution in [1.82, 2.24) is 14.8 Å². The summed E-state index contributed by atoms with van der Waals surface area (Å²) in [4.78, 5) is 14.3. The zero-order chi connectivity index (χ0) is 10.8. The van der Waals surface area contributed by atoms with Gasteiger partial charge in [-0.05, 0) is 5.56 Å². The Kier molecular flexibility index (Phi) is 2.70. The van der Waals surface area contributed by atoms with Crippen molar-refractivity contribution < 1.29 is 9.90 Å². The summed E-state index contributed by atoms with van der Waals surface area (Å²) in [7, 11) is 0. The Morgan fingerprint density at radius 2 is 2.47 bits per heavy atom. The highest BCUT2D eigenvalue weighted by atomic mass is 35.5. The van der Waals surface area contributed by atoms with Crippen molar-refractivity contribution in [3.05, 3.63) is 28.5 Å². The number of rotatable bonds is 3. The quantitative estimate of drug-likeness (QED) is 0.775. The number of carbonyl (C=O) groups is 1. The Hall–Kier alpha value is -1.40. The highest BCUT2D eigenvalue weighted by molar-refractivity contribution is 7.12. The number of hydrogen-bond acceptors (Lipinski definition) is 5. The minimum atomic E-state index is -1.13. The fourth-order valence-corrected chi connectivity index (χ4v) is 1.95. The number of hydrogen-bond donors (Lipinski definition) is 0. The molecule has 0 spiro atoms. The molecule has 15 heavy (non-hydrogen) atoms. The molecule has 2 aromatic heterocycles. The second-order valence-corrected chi connectivity index (χ2v) is 4.02. The lowest BCUT2D eigenvalue weighted by Gasteiger charge is -1.96. The van der Waals surface area contributed by atoms with Crippen LogP contribution >= 0.6 is 22.9 Å². The van der Waals surface area contributed by atoms with Crippen molar-refractivity contribution in [2.24, 2.45) is 0 Å². The van der Waals surface area contributed by atoms with Crippen molar-refractivity contribution in [2.45, 2.75) is 6.42 Å². The third-order valence-electron chi connectivity index (χ3n) is 1.64. The predicted octanol–water partition coefficient (Wildman–Crippen LogP) is 0.275. The number of thiazole rings is 1.